The van der Waals surface area contributed by atoms with Crippen LogP contribution in [0, 0.1) is 5.82 Å². The molecule has 2 aromatic heterocycles. The van der Waals surface area contributed by atoms with Crippen molar-refractivity contribution in [3.8, 4) is 11.1 Å². The molecule has 0 aliphatic rings. The van der Waals surface area contributed by atoms with Crippen molar-refractivity contribution in [3.63, 3.8) is 0 Å². The van der Waals surface area contributed by atoms with Crippen molar-refractivity contribution in [3.05, 3.63) is 61.2 Å². The molecule has 3 rings (SSSR count). The lowest BCUT2D eigenvalue weighted by atomic mass is 10.1. The molecule has 0 unspecified atom stereocenters. The molecule has 0 saturated heterocycles. The number of aryl methyl sites for hydroxylation is 1. The molecule has 0 saturated carbocycles. The summed E-state index contributed by atoms with van der Waals surface area (Å²) in [6.07, 6.45) is 4.73. The summed E-state index contributed by atoms with van der Waals surface area (Å²) in [5.74, 6) is -0.568. The Kier molecular flexibility index (Phi) is 3.47. The van der Waals surface area contributed by atoms with Crippen LogP contribution in [0.3, 0.4) is 0 Å². The maximum atomic E-state index is 13.1. The molecule has 4 nitrogen and oxygen atoms in total. The van der Waals surface area contributed by atoms with Crippen LogP contribution in [0.25, 0.3) is 22.2 Å². The van der Waals surface area contributed by atoms with E-state index in [1.165, 1.54) is 18.2 Å². The van der Waals surface area contributed by atoms with Gasteiger partial charge < -0.3 is 9.88 Å². The first-order chi connectivity index (χ1) is 10.6. The van der Waals surface area contributed by atoms with Gasteiger partial charge in [-0.3, -0.25) is 4.79 Å². The number of benzene rings is 1. The van der Waals surface area contributed by atoms with E-state index in [0.717, 1.165) is 22.2 Å². The molecule has 0 fully saturated rings. The van der Waals surface area contributed by atoms with Gasteiger partial charge in [0.2, 0.25) is 5.91 Å². The summed E-state index contributed by atoms with van der Waals surface area (Å²) in [7, 11) is 1.89. The number of anilines is 1. The summed E-state index contributed by atoms with van der Waals surface area (Å²) in [4.78, 5) is 15.8. The van der Waals surface area contributed by atoms with E-state index in [1.807, 2.05) is 23.9 Å². The number of aromatic nitrogens is 2. The highest BCUT2D eigenvalue weighted by Gasteiger charge is 2.11. The Hall–Kier alpha value is -2.95. The Morgan fingerprint density at radius 3 is 2.77 bits per heavy atom. The predicted molar refractivity (Wildman–Crippen MR) is 84.9 cm³/mol. The van der Waals surface area contributed by atoms with Gasteiger partial charge in [0.1, 0.15) is 11.5 Å². The van der Waals surface area contributed by atoms with Crippen LogP contribution in [0.1, 0.15) is 0 Å². The van der Waals surface area contributed by atoms with Crippen molar-refractivity contribution in [2.24, 2.45) is 7.05 Å². The maximum Gasteiger partial charge on any atom is 0.247 e. The second kappa shape index (κ2) is 5.44. The molecule has 0 radical (unpaired) electrons. The number of hydrogen-bond acceptors (Lipinski definition) is 2. The van der Waals surface area contributed by atoms with Gasteiger partial charge in [-0.2, -0.15) is 0 Å². The van der Waals surface area contributed by atoms with Gasteiger partial charge in [0, 0.05) is 24.2 Å². The number of pyridine rings is 1. The van der Waals surface area contributed by atoms with Gasteiger partial charge in [-0.25, -0.2) is 9.37 Å². The zero-order valence-electron chi connectivity index (χ0n) is 12.0. The Morgan fingerprint density at radius 1 is 1.36 bits per heavy atom. The maximum absolute atomic E-state index is 13.1. The molecule has 3 aromatic rings. The van der Waals surface area contributed by atoms with Gasteiger partial charge in [0.25, 0.3) is 0 Å². The summed E-state index contributed by atoms with van der Waals surface area (Å²) in [6.45, 7) is 3.42. The van der Waals surface area contributed by atoms with E-state index in [1.54, 1.807) is 18.3 Å². The molecule has 0 atom stereocenters. The number of carbonyl (C=O) groups is 1. The lowest BCUT2D eigenvalue weighted by Crippen LogP contribution is -2.07. The average molecular weight is 295 g/mol. The molecule has 0 spiro atoms. The van der Waals surface area contributed by atoms with Gasteiger partial charge >= 0.3 is 0 Å². The second-order valence-electron chi connectivity index (χ2n) is 4.95. The van der Waals surface area contributed by atoms with E-state index < -0.39 is 0 Å². The van der Waals surface area contributed by atoms with Crippen molar-refractivity contribution in [1.82, 2.24) is 9.55 Å². The first kappa shape index (κ1) is 14.0. The zero-order valence-corrected chi connectivity index (χ0v) is 12.0. The van der Waals surface area contributed by atoms with Crippen molar-refractivity contribution in [2.75, 3.05) is 5.32 Å². The highest BCUT2D eigenvalue weighted by atomic mass is 19.1. The minimum atomic E-state index is -0.291. The number of nitrogens with one attached hydrogen (secondary N) is 1. The molecular weight excluding hydrogens is 281 g/mol. The first-order valence-corrected chi connectivity index (χ1v) is 6.73. The third-order valence-corrected chi connectivity index (χ3v) is 3.42. The fourth-order valence-corrected chi connectivity index (χ4v) is 2.38. The Labute approximate surface area is 126 Å². The minimum Gasteiger partial charge on any atom is -0.335 e. The van der Waals surface area contributed by atoms with Crippen molar-refractivity contribution in [2.45, 2.75) is 0 Å². The van der Waals surface area contributed by atoms with Crippen LogP contribution in [-0.4, -0.2) is 15.5 Å². The third kappa shape index (κ3) is 2.48. The number of halogens is 1. The molecule has 22 heavy (non-hydrogen) atoms. The lowest BCUT2D eigenvalue weighted by molar-refractivity contribution is -0.111. The summed E-state index contributed by atoms with van der Waals surface area (Å²) >= 11 is 0. The molecule has 2 heterocycles. The summed E-state index contributed by atoms with van der Waals surface area (Å²) < 4.78 is 15.0. The van der Waals surface area contributed by atoms with Crippen LogP contribution in [0.2, 0.25) is 0 Å². The normalized spacial score (nSPS) is 10.6. The van der Waals surface area contributed by atoms with Gasteiger partial charge in [-0.1, -0.05) is 18.7 Å². The Balaban J connectivity index is 2.13. The molecule has 0 bridgehead atoms. The van der Waals surface area contributed by atoms with E-state index in [4.69, 9.17) is 0 Å². The average Bonchev–Trinajstić information content (AvgIpc) is 2.84. The van der Waals surface area contributed by atoms with E-state index in [2.05, 4.69) is 16.9 Å². The van der Waals surface area contributed by atoms with Gasteiger partial charge in [-0.15, -0.1) is 0 Å². The van der Waals surface area contributed by atoms with E-state index in [-0.39, 0.29) is 11.7 Å². The smallest absolute Gasteiger partial charge is 0.247 e. The molecule has 1 aromatic carbocycles. The molecule has 1 amide bonds. The number of nitrogens with zero attached hydrogens (tertiary/aromatic N) is 2. The van der Waals surface area contributed by atoms with Gasteiger partial charge in [0.05, 0.1) is 11.9 Å². The van der Waals surface area contributed by atoms with Gasteiger partial charge in [0.15, 0.2) is 0 Å². The fraction of sp³-hybridized carbons (Fsp3) is 0.0588. The summed E-state index contributed by atoms with van der Waals surface area (Å²) in [5, 5.41) is 3.58. The van der Waals surface area contributed by atoms with Crippen LogP contribution in [0.4, 0.5) is 10.1 Å². The van der Waals surface area contributed by atoms with Crippen LogP contribution >= 0.6 is 0 Å². The number of carbonyl (C=O) groups excluding carboxylic acids is 1. The molecule has 0 aliphatic carbocycles. The molecule has 110 valence electrons. The van der Waals surface area contributed by atoms with Crippen LogP contribution in [0.15, 0.2) is 55.4 Å². The zero-order chi connectivity index (χ0) is 15.7. The topological polar surface area (TPSA) is 46.9 Å². The van der Waals surface area contributed by atoms with E-state index in [0.29, 0.717) is 5.69 Å². The first-order valence-electron chi connectivity index (χ1n) is 6.73. The third-order valence-electron chi connectivity index (χ3n) is 3.42. The largest absolute Gasteiger partial charge is 0.335 e. The molecular formula is C17H14FN3O. The van der Waals surface area contributed by atoms with Crippen molar-refractivity contribution < 1.29 is 9.18 Å². The number of amides is 1. The summed E-state index contributed by atoms with van der Waals surface area (Å²) in [5.41, 5.74) is 3.20. The van der Waals surface area contributed by atoms with Crippen LogP contribution in [0.5, 0.6) is 0 Å². The molecule has 5 heteroatoms. The number of rotatable bonds is 3. The molecule has 0 aliphatic heterocycles. The highest BCUT2D eigenvalue weighted by Crippen LogP contribution is 2.30. The quantitative estimate of drug-likeness (QED) is 0.752. The van der Waals surface area contributed by atoms with Crippen molar-refractivity contribution in [1.29, 1.82) is 0 Å². The van der Waals surface area contributed by atoms with Crippen molar-refractivity contribution >= 4 is 22.6 Å². The standard InChI is InChI=1S/C17H14FN3O/c1-3-16(22)20-13-8-14-15(10-21(2)17(14)19-9-13)11-4-6-12(18)7-5-11/h3-10H,1H2,2H3,(H,20,22). The molecule has 1 N–H and O–H groups in total. The predicted octanol–water partition coefficient (Wildman–Crippen LogP) is 3.50. The minimum absolute atomic E-state index is 0.277. The van der Waals surface area contributed by atoms with Crippen LogP contribution < -0.4 is 5.32 Å². The Morgan fingerprint density at radius 2 is 2.09 bits per heavy atom. The SMILES string of the molecule is C=CC(=O)Nc1cnc2c(c1)c(-c1ccc(F)cc1)cn2C. The highest BCUT2D eigenvalue weighted by molar-refractivity contribution is 6.01. The number of fused-ring (bicyclic) bond motifs is 1. The van der Waals surface area contributed by atoms with Crippen LogP contribution in [-0.2, 0) is 11.8 Å². The second-order valence-corrected chi connectivity index (χ2v) is 4.95. The fourth-order valence-electron chi connectivity index (χ4n) is 2.38. The van der Waals surface area contributed by atoms with Gasteiger partial charge in [-0.05, 0) is 29.8 Å². The van der Waals surface area contributed by atoms with E-state index >= 15 is 0 Å². The number of hydrogen-bond donors (Lipinski definition) is 1. The lowest BCUT2D eigenvalue weighted by Gasteiger charge is -2.04. The monoisotopic (exact) mass is 295 g/mol. The Bertz CT molecular complexity index is 865. The summed E-state index contributed by atoms with van der Waals surface area (Å²) in [6, 6.07) is 8.14. The van der Waals surface area contributed by atoms with E-state index in [9.17, 15) is 9.18 Å².